The van der Waals surface area contributed by atoms with Gasteiger partial charge in [-0.2, -0.15) is 0 Å². The minimum atomic E-state index is -1.41. The average Bonchev–Trinajstić information content (AvgIpc) is 2.75. The lowest BCUT2D eigenvalue weighted by atomic mass is 9.72. The summed E-state index contributed by atoms with van der Waals surface area (Å²) >= 11 is 0. The molecule has 0 radical (unpaired) electrons. The van der Waals surface area contributed by atoms with E-state index in [4.69, 9.17) is 4.74 Å². The maximum Gasteiger partial charge on any atom is 0.413 e. The third-order valence-electron chi connectivity index (χ3n) is 5.58. The second-order valence-electron chi connectivity index (χ2n) is 8.12. The fourth-order valence-corrected chi connectivity index (χ4v) is 3.83. The Hall–Kier alpha value is -2.33. The van der Waals surface area contributed by atoms with Crippen molar-refractivity contribution >= 4 is 6.09 Å². The number of carbonyl (C=O) groups excluding carboxylic acids is 1. The molecule has 0 aromatic heterocycles. The van der Waals surface area contributed by atoms with E-state index in [-0.39, 0.29) is 5.41 Å². The molecule has 1 saturated heterocycles. The SMILES string of the molecule is CC(C)(C[C@]1(C)OC(=O)N(Cc2ccccc2)[C@@]1(C)O)c1ccccc1. The molecule has 2 aromatic rings. The number of rotatable bonds is 5. The van der Waals surface area contributed by atoms with Crippen LogP contribution in [0.3, 0.4) is 0 Å². The Labute approximate surface area is 155 Å². The number of ether oxygens (including phenoxy) is 1. The number of hydrogen-bond donors (Lipinski definition) is 1. The first-order chi connectivity index (χ1) is 12.2. The van der Waals surface area contributed by atoms with E-state index >= 15 is 0 Å². The zero-order chi connectivity index (χ0) is 19.0. The second-order valence-corrected chi connectivity index (χ2v) is 8.12. The van der Waals surface area contributed by atoms with Crippen molar-refractivity contribution < 1.29 is 14.6 Å². The second kappa shape index (κ2) is 6.44. The summed E-state index contributed by atoms with van der Waals surface area (Å²) in [7, 11) is 0. The van der Waals surface area contributed by atoms with Gasteiger partial charge >= 0.3 is 6.09 Å². The topological polar surface area (TPSA) is 49.8 Å². The van der Waals surface area contributed by atoms with Gasteiger partial charge in [-0.3, -0.25) is 4.90 Å². The summed E-state index contributed by atoms with van der Waals surface area (Å²) in [4.78, 5) is 14.0. The molecule has 26 heavy (non-hydrogen) atoms. The zero-order valence-electron chi connectivity index (χ0n) is 15.9. The van der Waals surface area contributed by atoms with E-state index in [1.807, 2.05) is 55.5 Å². The van der Waals surface area contributed by atoms with E-state index in [0.717, 1.165) is 11.1 Å². The van der Waals surface area contributed by atoms with Crippen LogP contribution >= 0.6 is 0 Å². The molecule has 3 rings (SSSR count). The summed E-state index contributed by atoms with van der Waals surface area (Å²) in [6.45, 7) is 8.02. The van der Waals surface area contributed by atoms with E-state index in [2.05, 4.69) is 26.0 Å². The monoisotopic (exact) mass is 353 g/mol. The highest BCUT2D eigenvalue weighted by molar-refractivity contribution is 5.72. The van der Waals surface area contributed by atoms with E-state index in [1.165, 1.54) is 4.90 Å². The molecule has 0 unspecified atom stereocenters. The lowest BCUT2D eigenvalue weighted by Gasteiger charge is -2.42. The van der Waals surface area contributed by atoms with Gasteiger partial charge < -0.3 is 9.84 Å². The summed E-state index contributed by atoms with van der Waals surface area (Å²) in [5, 5.41) is 11.3. The van der Waals surface area contributed by atoms with Crippen molar-refractivity contribution in [2.24, 2.45) is 0 Å². The van der Waals surface area contributed by atoms with Crippen LogP contribution in [0, 0.1) is 0 Å². The fourth-order valence-electron chi connectivity index (χ4n) is 3.83. The minimum Gasteiger partial charge on any atom is -0.438 e. The number of nitrogens with zero attached hydrogens (tertiary/aromatic N) is 1. The molecule has 1 N–H and O–H groups in total. The minimum absolute atomic E-state index is 0.261. The summed E-state index contributed by atoms with van der Waals surface area (Å²) in [6.07, 6.45) is 0.0267. The molecule has 2 atom stereocenters. The number of amides is 1. The van der Waals surface area contributed by atoms with Crippen molar-refractivity contribution in [2.75, 3.05) is 0 Å². The number of cyclic esters (lactones) is 1. The molecule has 1 aliphatic heterocycles. The van der Waals surface area contributed by atoms with Crippen LogP contribution in [0.4, 0.5) is 4.79 Å². The smallest absolute Gasteiger partial charge is 0.413 e. The van der Waals surface area contributed by atoms with Crippen LogP contribution in [-0.2, 0) is 16.7 Å². The highest BCUT2D eigenvalue weighted by atomic mass is 16.6. The quantitative estimate of drug-likeness (QED) is 0.862. The Morgan fingerprint density at radius 3 is 2.12 bits per heavy atom. The summed E-state index contributed by atoms with van der Waals surface area (Å²) < 4.78 is 5.74. The van der Waals surface area contributed by atoms with Crippen LogP contribution in [0.1, 0.15) is 45.2 Å². The Bertz CT molecular complexity index is 770. The molecule has 1 aliphatic rings. The van der Waals surface area contributed by atoms with Crippen LogP contribution < -0.4 is 0 Å². The molecular weight excluding hydrogens is 326 g/mol. The lowest BCUT2D eigenvalue weighted by molar-refractivity contribution is -0.147. The van der Waals surface area contributed by atoms with E-state index in [1.54, 1.807) is 6.92 Å². The maximum atomic E-state index is 12.6. The van der Waals surface area contributed by atoms with Gasteiger partial charge in [-0.1, -0.05) is 74.5 Å². The van der Waals surface area contributed by atoms with Crippen molar-refractivity contribution in [1.82, 2.24) is 4.90 Å². The van der Waals surface area contributed by atoms with Gasteiger partial charge in [-0.05, 0) is 30.4 Å². The predicted molar refractivity (Wildman–Crippen MR) is 102 cm³/mol. The summed E-state index contributed by atoms with van der Waals surface area (Å²) in [5.41, 5.74) is -0.585. The molecule has 4 nitrogen and oxygen atoms in total. The molecule has 0 spiro atoms. The molecule has 138 valence electrons. The standard InChI is InChI=1S/C22H27NO3/c1-20(2,18-13-9-6-10-14-18)16-21(3)22(4,25)23(19(24)26-21)15-17-11-7-5-8-12-17/h5-14,25H,15-16H2,1-4H3/t21-,22-/m0/s1. The Morgan fingerprint density at radius 1 is 1.00 bits per heavy atom. The first-order valence-electron chi connectivity index (χ1n) is 8.98. The Kier molecular flexibility index (Phi) is 4.57. The van der Waals surface area contributed by atoms with Gasteiger partial charge in [0.05, 0.1) is 6.54 Å². The normalized spacial score (nSPS) is 26.0. The van der Waals surface area contributed by atoms with Crippen molar-refractivity contribution in [3.63, 3.8) is 0 Å². The van der Waals surface area contributed by atoms with Gasteiger partial charge in [-0.15, -0.1) is 0 Å². The van der Waals surface area contributed by atoms with Crippen molar-refractivity contribution in [3.8, 4) is 0 Å². The molecule has 4 heteroatoms. The average molecular weight is 353 g/mol. The summed E-state index contributed by atoms with van der Waals surface area (Å²) in [6, 6.07) is 19.8. The van der Waals surface area contributed by atoms with E-state index in [9.17, 15) is 9.90 Å². The molecule has 0 aliphatic carbocycles. The zero-order valence-corrected chi connectivity index (χ0v) is 15.9. The Balaban J connectivity index is 1.86. The number of carbonyl (C=O) groups is 1. The summed E-state index contributed by atoms with van der Waals surface area (Å²) in [5.74, 6) is 0. The molecule has 0 saturated carbocycles. The van der Waals surface area contributed by atoms with Crippen molar-refractivity contribution in [3.05, 3.63) is 71.8 Å². The maximum absolute atomic E-state index is 12.6. The molecule has 0 bridgehead atoms. The number of hydrogen-bond acceptors (Lipinski definition) is 3. The lowest BCUT2D eigenvalue weighted by Crippen LogP contribution is -2.56. The van der Waals surface area contributed by atoms with Crippen LogP contribution in [-0.4, -0.2) is 27.4 Å². The van der Waals surface area contributed by atoms with Crippen molar-refractivity contribution in [2.45, 2.75) is 57.4 Å². The molecule has 1 amide bonds. The van der Waals surface area contributed by atoms with E-state index in [0.29, 0.717) is 13.0 Å². The highest BCUT2D eigenvalue weighted by Gasteiger charge is 2.60. The largest absolute Gasteiger partial charge is 0.438 e. The third kappa shape index (κ3) is 3.21. The molecule has 2 aromatic carbocycles. The first kappa shape index (κ1) is 18.5. The molecule has 1 heterocycles. The van der Waals surface area contributed by atoms with Gasteiger partial charge in [0.1, 0.15) is 0 Å². The molecular formula is C22H27NO3. The molecule has 1 fully saturated rings. The van der Waals surface area contributed by atoms with Crippen LogP contribution in [0.15, 0.2) is 60.7 Å². The number of benzene rings is 2. The van der Waals surface area contributed by atoms with Crippen LogP contribution in [0.2, 0.25) is 0 Å². The van der Waals surface area contributed by atoms with Gasteiger partial charge in [0.2, 0.25) is 0 Å². The third-order valence-corrected chi connectivity index (χ3v) is 5.58. The van der Waals surface area contributed by atoms with Crippen molar-refractivity contribution in [1.29, 1.82) is 0 Å². The van der Waals surface area contributed by atoms with Gasteiger partial charge in [-0.25, -0.2) is 4.79 Å². The first-order valence-corrected chi connectivity index (χ1v) is 8.98. The van der Waals surface area contributed by atoms with Crippen LogP contribution in [0.5, 0.6) is 0 Å². The fraction of sp³-hybridized carbons (Fsp3) is 0.409. The van der Waals surface area contributed by atoms with E-state index < -0.39 is 17.4 Å². The predicted octanol–water partition coefficient (Wildman–Crippen LogP) is 4.47. The van der Waals surface area contributed by atoms with Crippen LogP contribution in [0.25, 0.3) is 0 Å². The Morgan fingerprint density at radius 2 is 1.54 bits per heavy atom. The number of aliphatic hydroxyl groups is 1. The van der Waals surface area contributed by atoms with Gasteiger partial charge in [0.15, 0.2) is 11.3 Å². The van der Waals surface area contributed by atoms with Gasteiger partial charge in [0.25, 0.3) is 0 Å². The highest BCUT2D eigenvalue weighted by Crippen LogP contribution is 2.45. The van der Waals surface area contributed by atoms with Gasteiger partial charge in [0, 0.05) is 6.42 Å².